The maximum Gasteiger partial charge on any atom is 0.147 e. The zero-order valence-electron chi connectivity index (χ0n) is 6.58. The first-order valence-corrected chi connectivity index (χ1v) is 3.94. The lowest BCUT2D eigenvalue weighted by Gasteiger charge is -2.22. The SMILES string of the molecule is OCCNCC1CCOCO1. The molecule has 66 valence electrons. The molecule has 4 heteroatoms. The lowest BCUT2D eigenvalue weighted by atomic mass is 10.2. The van der Waals surface area contributed by atoms with Gasteiger partial charge in [0.05, 0.1) is 19.3 Å². The molecule has 0 aliphatic carbocycles. The lowest BCUT2D eigenvalue weighted by molar-refractivity contribution is -0.137. The zero-order valence-corrected chi connectivity index (χ0v) is 6.58. The molecule has 0 spiro atoms. The van der Waals surface area contributed by atoms with Crippen LogP contribution in [0.25, 0.3) is 0 Å². The Morgan fingerprint density at radius 1 is 1.55 bits per heavy atom. The van der Waals surface area contributed by atoms with Gasteiger partial charge in [-0.2, -0.15) is 0 Å². The number of aliphatic hydroxyl groups excluding tert-OH is 1. The Labute approximate surface area is 66.5 Å². The Morgan fingerprint density at radius 3 is 3.09 bits per heavy atom. The molecule has 0 amide bonds. The van der Waals surface area contributed by atoms with E-state index >= 15 is 0 Å². The summed E-state index contributed by atoms with van der Waals surface area (Å²) in [5.41, 5.74) is 0. The maximum atomic E-state index is 8.47. The first-order valence-electron chi connectivity index (χ1n) is 3.94. The van der Waals surface area contributed by atoms with Crippen molar-refractivity contribution < 1.29 is 14.6 Å². The predicted molar refractivity (Wildman–Crippen MR) is 40.3 cm³/mol. The van der Waals surface area contributed by atoms with Crippen LogP contribution in [0.15, 0.2) is 0 Å². The zero-order chi connectivity index (χ0) is 7.94. The molecule has 1 atom stereocenters. The second kappa shape index (κ2) is 5.49. The van der Waals surface area contributed by atoms with Gasteiger partial charge in [0.15, 0.2) is 0 Å². The van der Waals surface area contributed by atoms with E-state index in [9.17, 15) is 0 Å². The van der Waals surface area contributed by atoms with Crippen LogP contribution in [0.3, 0.4) is 0 Å². The van der Waals surface area contributed by atoms with Gasteiger partial charge >= 0.3 is 0 Å². The van der Waals surface area contributed by atoms with E-state index in [4.69, 9.17) is 14.6 Å². The molecule has 1 heterocycles. The summed E-state index contributed by atoms with van der Waals surface area (Å²) < 4.78 is 10.3. The molecule has 4 nitrogen and oxygen atoms in total. The van der Waals surface area contributed by atoms with E-state index in [2.05, 4.69) is 5.32 Å². The Balaban J connectivity index is 1.96. The predicted octanol–water partition coefficient (Wildman–Crippen LogP) is -0.669. The molecule has 0 bridgehead atoms. The Morgan fingerprint density at radius 2 is 2.45 bits per heavy atom. The summed E-state index contributed by atoms with van der Waals surface area (Å²) in [7, 11) is 0. The molecule has 0 radical (unpaired) electrons. The van der Waals surface area contributed by atoms with E-state index in [0.29, 0.717) is 13.3 Å². The molecule has 0 aromatic heterocycles. The summed E-state index contributed by atoms with van der Waals surface area (Å²) >= 11 is 0. The van der Waals surface area contributed by atoms with Gasteiger partial charge in [-0.15, -0.1) is 0 Å². The van der Waals surface area contributed by atoms with Crippen molar-refractivity contribution in [1.82, 2.24) is 5.32 Å². The Kier molecular flexibility index (Phi) is 4.45. The summed E-state index contributed by atoms with van der Waals surface area (Å²) in [6, 6.07) is 0. The average Bonchev–Trinajstić information content (AvgIpc) is 2.07. The molecular formula is C7H15NO3. The van der Waals surface area contributed by atoms with E-state index in [-0.39, 0.29) is 12.7 Å². The molecule has 11 heavy (non-hydrogen) atoms. The normalized spacial score (nSPS) is 25.4. The van der Waals surface area contributed by atoms with Crippen molar-refractivity contribution in [2.75, 3.05) is 33.1 Å². The van der Waals surface area contributed by atoms with Crippen molar-refractivity contribution in [2.24, 2.45) is 0 Å². The summed E-state index contributed by atoms with van der Waals surface area (Å²) in [5.74, 6) is 0. The topological polar surface area (TPSA) is 50.7 Å². The van der Waals surface area contributed by atoms with Gasteiger partial charge in [0, 0.05) is 13.1 Å². The summed E-state index contributed by atoms with van der Waals surface area (Å²) in [6.07, 6.45) is 1.20. The van der Waals surface area contributed by atoms with Crippen LogP contribution in [0.1, 0.15) is 6.42 Å². The lowest BCUT2D eigenvalue weighted by Crippen LogP contribution is -2.35. The second-order valence-electron chi connectivity index (χ2n) is 2.53. The number of hydrogen-bond acceptors (Lipinski definition) is 4. The molecule has 1 saturated heterocycles. The van der Waals surface area contributed by atoms with E-state index < -0.39 is 0 Å². The molecule has 1 fully saturated rings. The molecular weight excluding hydrogens is 146 g/mol. The Hall–Kier alpha value is -0.160. The van der Waals surface area contributed by atoms with Gasteiger partial charge < -0.3 is 19.9 Å². The van der Waals surface area contributed by atoms with Crippen molar-refractivity contribution in [3.8, 4) is 0 Å². The summed E-state index contributed by atoms with van der Waals surface area (Å²) in [5, 5.41) is 11.5. The van der Waals surface area contributed by atoms with Crippen LogP contribution in [0.2, 0.25) is 0 Å². The van der Waals surface area contributed by atoms with Gasteiger partial charge in [-0.3, -0.25) is 0 Å². The second-order valence-corrected chi connectivity index (χ2v) is 2.53. The van der Waals surface area contributed by atoms with E-state index in [1.165, 1.54) is 0 Å². The fraction of sp³-hybridized carbons (Fsp3) is 1.00. The first kappa shape index (κ1) is 8.93. The average molecular weight is 161 g/mol. The van der Waals surface area contributed by atoms with Crippen LogP contribution >= 0.6 is 0 Å². The Bertz CT molecular complexity index is 93.7. The fourth-order valence-corrected chi connectivity index (χ4v) is 1.00. The molecule has 0 aromatic rings. The fourth-order valence-electron chi connectivity index (χ4n) is 1.00. The minimum atomic E-state index is 0.184. The van der Waals surface area contributed by atoms with E-state index in [0.717, 1.165) is 19.6 Å². The quantitative estimate of drug-likeness (QED) is 0.537. The molecule has 0 saturated carbocycles. The standard InChI is InChI=1S/C7H15NO3/c9-3-2-8-5-7-1-4-10-6-11-7/h7-9H,1-6H2. The highest BCUT2D eigenvalue weighted by Gasteiger charge is 2.12. The number of aliphatic hydroxyl groups is 1. The van der Waals surface area contributed by atoms with Crippen molar-refractivity contribution in [3.05, 3.63) is 0 Å². The van der Waals surface area contributed by atoms with Crippen molar-refractivity contribution in [2.45, 2.75) is 12.5 Å². The third-order valence-electron chi connectivity index (χ3n) is 1.63. The molecule has 2 N–H and O–H groups in total. The minimum absolute atomic E-state index is 0.184. The van der Waals surface area contributed by atoms with Crippen LogP contribution in [0.5, 0.6) is 0 Å². The van der Waals surface area contributed by atoms with Crippen molar-refractivity contribution in [1.29, 1.82) is 0 Å². The molecule has 1 aliphatic heterocycles. The maximum absolute atomic E-state index is 8.47. The van der Waals surface area contributed by atoms with Gasteiger partial charge in [0.25, 0.3) is 0 Å². The van der Waals surface area contributed by atoms with Crippen LogP contribution < -0.4 is 5.32 Å². The smallest absolute Gasteiger partial charge is 0.147 e. The number of rotatable bonds is 4. The van der Waals surface area contributed by atoms with Gasteiger partial charge in [-0.05, 0) is 6.42 Å². The largest absolute Gasteiger partial charge is 0.395 e. The number of nitrogens with one attached hydrogen (secondary N) is 1. The van der Waals surface area contributed by atoms with Gasteiger partial charge in [0.1, 0.15) is 6.79 Å². The van der Waals surface area contributed by atoms with Crippen molar-refractivity contribution in [3.63, 3.8) is 0 Å². The molecule has 1 unspecified atom stereocenters. The van der Waals surface area contributed by atoms with Gasteiger partial charge in [0.2, 0.25) is 0 Å². The van der Waals surface area contributed by atoms with Crippen LogP contribution in [0, 0.1) is 0 Å². The van der Waals surface area contributed by atoms with E-state index in [1.807, 2.05) is 0 Å². The number of hydrogen-bond donors (Lipinski definition) is 2. The monoisotopic (exact) mass is 161 g/mol. The highest BCUT2D eigenvalue weighted by atomic mass is 16.7. The molecule has 1 rings (SSSR count). The minimum Gasteiger partial charge on any atom is -0.395 e. The molecule has 0 aromatic carbocycles. The highest BCUT2D eigenvalue weighted by Crippen LogP contribution is 2.03. The third kappa shape index (κ3) is 3.67. The summed E-state index contributed by atoms with van der Waals surface area (Å²) in [6.45, 7) is 2.82. The first-order chi connectivity index (χ1) is 5.43. The third-order valence-corrected chi connectivity index (χ3v) is 1.63. The van der Waals surface area contributed by atoms with Crippen LogP contribution in [-0.2, 0) is 9.47 Å². The van der Waals surface area contributed by atoms with Gasteiger partial charge in [-0.1, -0.05) is 0 Å². The van der Waals surface area contributed by atoms with Crippen LogP contribution in [0.4, 0.5) is 0 Å². The van der Waals surface area contributed by atoms with Crippen LogP contribution in [-0.4, -0.2) is 44.3 Å². The van der Waals surface area contributed by atoms with Gasteiger partial charge in [-0.25, -0.2) is 0 Å². The number of ether oxygens (including phenoxy) is 2. The molecule has 1 aliphatic rings. The van der Waals surface area contributed by atoms with Crippen molar-refractivity contribution >= 4 is 0 Å². The van der Waals surface area contributed by atoms with E-state index in [1.54, 1.807) is 0 Å². The highest BCUT2D eigenvalue weighted by molar-refractivity contribution is 4.62. The summed E-state index contributed by atoms with van der Waals surface area (Å²) in [4.78, 5) is 0.